The molecule has 0 aromatic carbocycles. The number of hydrogen-bond donors (Lipinski definition) is 1. The molecule has 2 atom stereocenters. The van der Waals surface area contributed by atoms with Crippen molar-refractivity contribution in [3.05, 3.63) is 49.5 Å². The number of hydrogen-bond acceptors (Lipinski definition) is 15. The third-order valence-corrected chi connectivity index (χ3v) is 9.84. The van der Waals surface area contributed by atoms with E-state index in [1.54, 1.807) is 64.6 Å². The summed E-state index contributed by atoms with van der Waals surface area (Å²) in [6, 6.07) is -1.01. The number of rotatable bonds is 11. The van der Waals surface area contributed by atoms with Crippen LogP contribution < -0.4 is 5.32 Å². The highest BCUT2D eigenvalue weighted by molar-refractivity contribution is 8.00. The number of esters is 3. The van der Waals surface area contributed by atoms with Gasteiger partial charge in [-0.1, -0.05) is 11.2 Å². The van der Waals surface area contributed by atoms with Crippen LogP contribution >= 0.6 is 34.4 Å². The second-order valence-corrected chi connectivity index (χ2v) is 15.6. The van der Waals surface area contributed by atoms with Gasteiger partial charge in [0.05, 0.1) is 22.0 Å². The molecule has 0 bridgehead atoms. The average molecular weight is 720 g/mol. The predicted octanol–water partition coefficient (Wildman–Crippen LogP) is 3.81. The number of carbonyl (C=O) groups is 5. The van der Waals surface area contributed by atoms with Crippen molar-refractivity contribution in [2.75, 3.05) is 19.7 Å². The van der Waals surface area contributed by atoms with Crippen LogP contribution in [0.4, 0.5) is 0 Å². The zero-order valence-corrected chi connectivity index (χ0v) is 30.2. The number of carbonyl (C=O) groups excluding carboxylic acids is 5. The number of nitrogens with one attached hydrogen (secondary N) is 1. The van der Waals surface area contributed by atoms with Gasteiger partial charge in [0.2, 0.25) is 6.79 Å². The lowest BCUT2D eigenvalue weighted by Gasteiger charge is -2.49. The second kappa shape index (κ2) is 15.0. The molecule has 1 fully saturated rings. The van der Waals surface area contributed by atoms with Crippen LogP contribution in [0.3, 0.4) is 0 Å². The van der Waals surface area contributed by atoms with Crippen molar-refractivity contribution in [2.24, 2.45) is 16.0 Å². The molecule has 17 heteroatoms. The summed E-state index contributed by atoms with van der Waals surface area (Å²) in [5.74, 6) is -2.79. The van der Waals surface area contributed by atoms with Gasteiger partial charge in [0.15, 0.2) is 5.71 Å². The van der Waals surface area contributed by atoms with Crippen molar-refractivity contribution in [3.63, 3.8) is 0 Å². The van der Waals surface area contributed by atoms with Gasteiger partial charge in [-0.25, -0.2) is 14.8 Å². The number of aryl methyl sites for hydroxylation is 1. The lowest BCUT2D eigenvalue weighted by atomic mass is 9.97. The Morgan fingerprint density at radius 2 is 1.73 bits per heavy atom. The lowest BCUT2D eigenvalue weighted by molar-refractivity contribution is -0.173. The summed E-state index contributed by atoms with van der Waals surface area (Å²) in [6.07, 6.45) is 3.53. The van der Waals surface area contributed by atoms with E-state index in [9.17, 15) is 24.0 Å². The van der Waals surface area contributed by atoms with Gasteiger partial charge in [-0.2, -0.15) is 0 Å². The Balaban J connectivity index is 1.50. The molecular formula is C31H37N5O9S3. The summed E-state index contributed by atoms with van der Waals surface area (Å²) in [7, 11) is 1.27. The average Bonchev–Trinajstić information content (AvgIpc) is 3.66. The molecule has 0 radical (unpaired) electrons. The van der Waals surface area contributed by atoms with Gasteiger partial charge in [-0.3, -0.25) is 24.1 Å². The van der Waals surface area contributed by atoms with E-state index in [0.29, 0.717) is 16.3 Å². The highest BCUT2D eigenvalue weighted by Crippen LogP contribution is 2.41. The summed E-state index contributed by atoms with van der Waals surface area (Å²) in [4.78, 5) is 80.3. The van der Waals surface area contributed by atoms with Gasteiger partial charge in [0.1, 0.15) is 41.5 Å². The van der Waals surface area contributed by atoms with E-state index in [-0.39, 0.29) is 23.7 Å². The van der Waals surface area contributed by atoms with E-state index in [0.717, 1.165) is 10.6 Å². The molecule has 2 amide bonds. The van der Waals surface area contributed by atoms with E-state index in [4.69, 9.17) is 19.0 Å². The first kappa shape index (κ1) is 36.7. The van der Waals surface area contributed by atoms with Crippen LogP contribution in [-0.4, -0.2) is 81.4 Å². The highest BCUT2D eigenvalue weighted by atomic mass is 32.2. The van der Waals surface area contributed by atoms with Crippen LogP contribution in [0.1, 0.15) is 62.8 Å². The minimum absolute atomic E-state index is 0.0146. The number of ether oxygens (including phenoxy) is 3. The van der Waals surface area contributed by atoms with Crippen molar-refractivity contribution >= 4 is 75.9 Å². The van der Waals surface area contributed by atoms with E-state index < -0.39 is 58.8 Å². The maximum Gasteiger partial charge on any atom is 0.358 e. The Morgan fingerprint density at radius 1 is 1.04 bits per heavy atom. The molecule has 2 aromatic rings. The van der Waals surface area contributed by atoms with Gasteiger partial charge in [-0.05, 0) is 60.1 Å². The molecule has 48 heavy (non-hydrogen) atoms. The zero-order chi connectivity index (χ0) is 35.4. The smallest absolute Gasteiger partial charge is 0.358 e. The highest BCUT2D eigenvalue weighted by Gasteiger charge is 2.54. The number of thioether (sulfide) groups is 1. The number of amides is 2. The predicted molar refractivity (Wildman–Crippen MR) is 179 cm³/mol. The monoisotopic (exact) mass is 719 g/mol. The van der Waals surface area contributed by atoms with Crippen molar-refractivity contribution in [3.8, 4) is 0 Å². The van der Waals surface area contributed by atoms with E-state index in [1.807, 2.05) is 6.92 Å². The van der Waals surface area contributed by atoms with Crippen LogP contribution in [0.5, 0.6) is 0 Å². The molecule has 14 nitrogen and oxygen atoms in total. The number of oxime groups is 1. The van der Waals surface area contributed by atoms with Crippen molar-refractivity contribution in [1.82, 2.24) is 20.2 Å². The van der Waals surface area contributed by atoms with Gasteiger partial charge < -0.3 is 24.4 Å². The van der Waals surface area contributed by atoms with Crippen LogP contribution in [-0.2, 0) is 49.6 Å². The summed E-state index contributed by atoms with van der Waals surface area (Å²) >= 11 is 3.94. The first-order chi connectivity index (χ1) is 22.5. The fourth-order valence-electron chi connectivity index (χ4n) is 4.16. The van der Waals surface area contributed by atoms with Crippen LogP contribution in [0, 0.1) is 17.8 Å². The number of nitrogens with zero attached hydrogens (tertiary/aromatic N) is 4. The Hall–Kier alpha value is -4.09. The van der Waals surface area contributed by atoms with Crippen molar-refractivity contribution < 1.29 is 43.0 Å². The molecule has 1 N–H and O–H groups in total. The number of allylic oxidation sites excluding steroid dienone is 1. The van der Waals surface area contributed by atoms with Gasteiger partial charge in [-0.15, -0.1) is 34.4 Å². The molecule has 4 rings (SSSR count). The maximum atomic E-state index is 13.5. The first-order valence-electron chi connectivity index (χ1n) is 14.7. The fourth-order valence-corrected chi connectivity index (χ4v) is 6.87. The molecule has 0 aliphatic carbocycles. The Labute approximate surface area is 289 Å². The first-order valence-corrected chi connectivity index (χ1v) is 17.5. The Morgan fingerprint density at radius 3 is 2.35 bits per heavy atom. The van der Waals surface area contributed by atoms with E-state index in [1.165, 1.54) is 46.4 Å². The van der Waals surface area contributed by atoms with Gasteiger partial charge >= 0.3 is 17.9 Å². The van der Waals surface area contributed by atoms with E-state index >= 15 is 0 Å². The van der Waals surface area contributed by atoms with E-state index in [2.05, 4.69) is 20.4 Å². The molecular weight excluding hydrogens is 683 g/mol. The molecule has 2 aromatic heterocycles. The quantitative estimate of drug-likeness (QED) is 0.117. The molecule has 2 unspecified atom stereocenters. The molecule has 0 saturated carbocycles. The summed E-state index contributed by atoms with van der Waals surface area (Å²) in [5, 5.41) is 7.87. The normalized spacial score (nSPS) is 18.3. The number of thiazole rings is 2. The SMILES string of the molecule is CO/N=C(\C(=O)NC1C(=O)N2C(C(=O)OCOC(=O)C(C)(C)C)=C(/C=C\c3scnc3C)CSC12)c1csc(COC(=O)C(C)(C)C)n1. The molecule has 4 heterocycles. The van der Waals surface area contributed by atoms with Crippen molar-refractivity contribution in [2.45, 2.75) is 66.5 Å². The molecule has 1 saturated heterocycles. The van der Waals surface area contributed by atoms with Gasteiger partial charge in [0, 0.05) is 16.0 Å². The third-order valence-electron chi connectivity index (χ3n) is 6.82. The second-order valence-electron chi connectivity index (χ2n) is 12.7. The minimum atomic E-state index is -1.01. The number of fused-ring (bicyclic) bond motifs is 1. The fraction of sp³-hybridized carbons (Fsp3) is 0.484. The third kappa shape index (κ3) is 8.49. The molecule has 2 aliphatic heterocycles. The molecule has 0 spiro atoms. The van der Waals surface area contributed by atoms with Crippen LogP contribution in [0.2, 0.25) is 0 Å². The summed E-state index contributed by atoms with van der Waals surface area (Å²) < 4.78 is 15.7. The molecule has 258 valence electrons. The van der Waals surface area contributed by atoms with Gasteiger partial charge in [0.25, 0.3) is 11.8 Å². The van der Waals surface area contributed by atoms with Crippen LogP contribution in [0.15, 0.2) is 33.4 Å². The maximum absolute atomic E-state index is 13.5. The number of aromatic nitrogens is 2. The Kier molecular flexibility index (Phi) is 11.5. The summed E-state index contributed by atoms with van der Waals surface area (Å²) in [5.41, 5.74) is 1.50. The lowest BCUT2D eigenvalue weighted by Crippen LogP contribution is -2.71. The van der Waals surface area contributed by atoms with Crippen molar-refractivity contribution in [1.29, 1.82) is 0 Å². The largest absolute Gasteiger partial charge is 0.458 e. The topological polar surface area (TPSA) is 176 Å². The number of β-lactam (4-membered cyclic amide) rings is 1. The Bertz CT molecular complexity index is 1680. The summed E-state index contributed by atoms with van der Waals surface area (Å²) in [6.45, 7) is 11.3. The molecule has 2 aliphatic rings. The van der Waals surface area contributed by atoms with Crippen LogP contribution in [0.25, 0.3) is 6.08 Å². The zero-order valence-electron chi connectivity index (χ0n) is 27.8. The minimum Gasteiger partial charge on any atom is -0.458 e. The standard InChI is InChI=1S/C31H37N5O9S3/c1-16-19(48-14-32-16)10-9-17-12-47-26-22(25(38)36(26)23(17)27(39)44-15-45-29(41)31(5,6)7)34-24(37)21(35-42-8)18-13-46-20(33-18)11-43-28(40)30(2,3)4/h9-10,13-14,22,26H,11-12,15H2,1-8H3,(H,34,37)/b10-9-,35-21-.